The first-order valence-electron chi connectivity index (χ1n) is 7.78. The molecule has 2 heteroatoms. The molecule has 0 bridgehead atoms. The van der Waals surface area contributed by atoms with Crippen molar-refractivity contribution in [2.24, 2.45) is 0 Å². The van der Waals surface area contributed by atoms with Crippen LogP contribution in [0.1, 0.15) is 48.9 Å². The largest absolute Gasteiger partial charge is 0.306 e. The van der Waals surface area contributed by atoms with Gasteiger partial charge in [-0.25, -0.2) is 0 Å². The van der Waals surface area contributed by atoms with Gasteiger partial charge in [0, 0.05) is 18.6 Å². The quantitative estimate of drug-likeness (QED) is 0.897. The molecule has 1 saturated heterocycles. The maximum atomic E-state index is 3.82. The molecule has 0 saturated carbocycles. The van der Waals surface area contributed by atoms with E-state index in [0.717, 1.165) is 0 Å². The second-order valence-corrected chi connectivity index (χ2v) is 6.37. The van der Waals surface area contributed by atoms with Crippen LogP contribution in [0.2, 0.25) is 0 Å². The van der Waals surface area contributed by atoms with E-state index in [4.69, 9.17) is 0 Å². The Balaban J connectivity index is 1.65. The van der Waals surface area contributed by atoms with E-state index in [2.05, 4.69) is 42.4 Å². The average Bonchev–Trinajstić information content (AvgIpc) is 2.85. The summed E-state index contributed by atoms with van der Waals surface area (Å²) in [5.74, 6) is 0. The summed E-state index contributed by atoms with van der Waals surface area (Å²) in [7, 11) is 2.23. The first kappa shape index (κ1) is 13.1. The third kappa shape index (κ3) is 3.01. The van der Waals surface area contributed by atoms with Gasteiger partial charge < -0.3 is 10.2 Å². The number of likely N-dealkylation sites (N-methyl/N-ethyl adjacent to an activating group) is 1. The van der Waals surface area contributed by atoms with E-state index in [1.54, 1.807) is 11.1 Å². The molecule has 1 aliphatic carbocycles. The van der Waals surface area contributed by atoms with Gasteiger partial charge in [-0.1, -0.05) is 18.2 Å². The summed E-state index contributed by atoms with van der Waals surface area (Å²) in [6.45, 7) is 4.76. The minimum atomic E-state index is 0.474. The standard InChI is InChI=1S/C17H26N2/c1-13(18-17-7-4-10-19(2)12-17)15-9-8-14-5-3-6-16(14)11-15/h8-9,11,13,17-18H,3-7,10,12H2,1-2H3. The van der Waals surface area contributed by atoms with E-state index in [1.165, 1.54) is 50.8 Å². The third-order valence-corrected chi connectivity index (χ3v) is 4.73. The molecule has 3 rings (SSSR count). The molecule has 1 heterocycles. The Morgan fingerprint density at radius 3 is 2.89 bits per heavy atom. The Labute approximate surface area is 117 Å². The molecule has 1 aromatic rings. The molecule has 104 valence electrons. The smallest absolute Gasteiger partial charge is 0.0294 e. The first-order chi connectivity index (χ1) is 9.22. The lowest BCUT2D eigenvalue weighted by atomic mass is 9.99. The van der Waals surface area contributed by atoms with Gasteiger partial charge in [0.1, 0.15) is 0 Å². The maximum absolute atomic E-state index is 3.82. The summed E-state index contributed by atoms with van der Waals surface area (Å²) < 4.78 is 0. The predicted molar refractivity (Wildman–Crippen MR) is 80.5 cm³/mol. The van der Waals surface area contributed by atoms with Gasteiger partial charge in [-0.3, -0.25) is 0 Å². The van der Waals surface area contributed by atoms with Crippen molar-refractivity contribution in [1.82, 2.24) is 10.2 Å². The molecule has 1 aliphatic heterocycles. The molecule has 0 aromatic heterocycles. The third-order valence-electron chi connectivity index (χ3n) is 4.73. The van der Waals surface area contributed by atoms with Crippen molar-refractivity contribution in [3.05, 3.63) is 34.9 Å². The summed E-state index contributed by atoms with van der Waals surface area (Å²) in [6, 6.07) is 8.24. The van der Waals surface area contributed by atoms with Crippen LogP contribution in [0.15, 0.2) is 18.2 Å². The average molecular weight is 258 g/mol. The fraction of sp³-hybridized carbons (Fsp3) is 0.647. The van der Waals surface area contributed by atoms with Gasteiger partial charge in [0.25, 0.3) is 0 Å². The van der Waals surface area contributed by atoms with Crippen molar-refractivity contribution in [3.63, 3.8) is 0 Å². The lowest BCUT2D eigenvalue weighted by Gasteiger charge is -2.32. The van der Waals surface area contributed by atoms with Gasteiger partial charge >= 0.3 is 0 Å². The van der Waals surface area contributed by atoms with Crippen LogP contribution in [-0.4, -0.2) is 31.1 Å². The lowest BCUT2D eigenvalue weighted by molar-refractivity contribution is 0.218. The molecule has 1 N–H and O–H groups in total. The molecule has 0 amide bonds. The summed E-state index contributed by atoms with van der Waals surface area (Å²) >= 11 is 0. The number of aryl methyl sites for hydroxylation is 2. The van der Waals surface area contributed by atoms with Crippen molar-refractivity contribution >= 4 is 0 Å². The summed E-state index contributed by atoms with van der Waals surface area (Å²) in [6.07, 6.45) is 6.55. The normalized spacial score (nSPS) is 25.3. The molecule has 0 radical (unpaired) electrons. The zero-order chi connectivity index (χ0) is 13.2. The fourth-order valence-corrected chi connectivity index (χ4v) is 3.61. The Bertz CT molecular complexity index is 441. The Morgan fingerprint density at radius 1 is 1.21 bits per heavy atom. The van der Waals surface area contributed by atoms with E-state index >= 15 is 0 Å². The minimum absolute atomic E-state index is 0.474. The molecule has 2 aliphatic rings. The van der Waals surface area contributed by atoms with Crippen LogP contribution in [-0.2, 0) is 12.8 Å². The molecule has 2 atom stereocenters. The van der Waals surface area contributed by atoms with Gasteiger partial charge in [0.05, 0.1) is 0 Å². The molecule has 1 fully saturated rings. The van der Waals surface area contributed by atoms with Crippen LogP contribution in [0.3, 0.4) is 0 Å². The zero-order valence-corrected chi connectivity index (χ0v) is 12.3. The van der Waals surface area contributed by atoms with Crippen molar-refractivity contribution in [3.8, 4) is 0 Å². The highest BCUT2D eigenvalue weighted by molar-refractivity contribution is 5.36. The molecule has 0 spiro atoms. The first-order valence-corrected chi connectivity index (χ1v) is 7.78. The molecular formula is C17H26N2. The number of nitrogens with one attached hydrogen (secondary N) is 1. The van der Waals surface area contributed by atoms with Crippen LogP contribution < -0.4 is 5.32 Å². The molecule has 1 aromatic carbocycles. The second kappa shape index (κ2) is 5.64. The Kier molecular flexibility index (Phi) is 3.90. The summed E-state index contributed by atoms with van der Waals surface area (Å²) in [4.78, 5) is 2.44. The van der Waals surface area contributed by atoms with E-state index in [-0.39, 0.29) is 0 Å². The van der Waals surface area contributed by atoms with Crippen molar-refractivity contribution in [2.75, 3.05) is 20.1 Å². The van der Waals surface area contributed by atoms with Crippen LogP contribution in [0.5, 0.6) is 0 Å². The predicted octanol–water partition coefficient (Wildman–Crippen LogP) is 2.92. The number of likely N-dealkylation sites (tertiary alicyclic amines) is 1. The molecule has 2 unspecified atom stereocenters. The number of benzene rings is 1. The van der Waals surface area contributed by atoms with Gasteiger partial charge in [-0.2, -0.15) is 0 Å². The Morgan fingerprint density at radius 2 is 2.05 bits per heavy atom. The SMILES string of the molecule is CC(NC1CCCN(C)C1)c1ccc2c(c1)CCC2. The fourth-order valence-electron chi connectivity index (χ4n) is 3.61. The maximum Gasteiger partial charge on any atom is 0.0294 e. The number of rotatable bonds is 3. The van der Waals surface area contributed by atoms with Crippen molar-refractivity contribution in [1.29, 1.82) is 0 Å². The molecular weight excluding hydrogens is 232 g/mol. The van der Waals surface area contributed by atoms with Crippen molar-refractivity contribution < 1.29 is 0 Å². The number of hydrogen-bond donors (Lipinski definition) is 1. The highest BCUT2D eigenvalue weighted by atomic mass is 15.1. The van der Waals surface area contributed by atoms with Gasteiger partial charge in [0.2, 0.25) is 0 Å². The van der Waals surface area contributed by atoms with Crippen LogP contribution in [0.4, 0.5) is 0 Å². The van der Waals surface area contributed by atoms with Crippen LogP contribution >= 0.6 is 0 Å². The van der Waals surface area contributed by atoms with Crippen LogP contribution in [0, 0.1) is 0 Å². The number of hydrogen-bond acceptors (Lipinski definition) is 2. The monoisotopic (exact) mass is 258 g/mol. The van der Waals surface area contributed by atoms with Crippen LogP contribution in [0.25, 0.3) is 0 Å². The highest BCUT2D eigenvalue weighted by Crippen LogP contribution is 2.26. The summed E-state index contributed by atoms with van der Waals surface area (Å²) in [5, 5.41) is 3.82. The van der Waals surface area contributed by atoms with E-state index in [1.807, 2.05) is 0 Å². The topological polar surface area (TPSA) is 15.3 Å². The number of fused-ring (bicyclic) bond motifs is 1. The lowest BCUT2D eigenvalue weighted by Crippen LogP contribution is -2.44. The molecule has 2 nitrogen and oxygen atoms in total. The minimum Gasteiger partial charge on any atom is -0.306 e. The van der Waals surface area contributed by atoms with E-state index in [9.17, 15) is 0 Å². The van der Waals surface area contributed by atoms with E-state index in [0.29, 0.717) is 12.1 Å². The van der Waals surface area contributed by atoms with Gasteiger partial charge in [-0.05, 0) is 69.3 Å². The van der Waals surface area contributed by atoms with Crippen molar-refractivity contribution in [2.45, 2.75) is 51.1 Å². The van der Waals surface area contributed by atoms with Gasteiger partial charge in [-0.15, -0.1) is 0 Å². The molecule has 19 heavy (non-hydrogen) atoms. The number of piperidine rings is 1. The Hall–Kier alpha value is -0.860. The number of nitrogens with zero attached hydrogens (tertiary/aromatic N) is 1. The van der Waals surface area contributed by atoms with Gasteiger partial charge in [0.15, 0.2) is 0 Å². The second-order valence-electron chi connectivity index (χ2n) is 6.37. The highest BCUT2D eigenvalue weighted by Gasteiger charge is 2.20. The summed E-state index contributed by atoms with van der Waals surface area (Å²) in [5.41, 5.74) is 4.63. The van der Waals surface area contributed by atoms with E-state index < -0.39 is 0 Å². The zero-order valence-electron chi connectivity index (χ0n) is 12.3.